The summed E-state index contributed by atoms with van der Waals surface area (Å²) >= 11 is 1.32. The van der Waals surface area contributed by atoms with Gasteiger partial charge < -0.3 is 19.7 Å². The lowest BCUT2D eigenvalue weighted by molar-refractivity contribution is -0.117. The molecule has 0 bridgehead atoms. The Labute approximate surface area is 192 Å². The Morgan fingerprint density at radius 2 is 1.91 bits per heavy atom. The van der Waals surface area contributed by atoms with Crippen molar-refractivity contribution in [3.63, 3.8) is 0 Å². The molecule has 11 heteroatoms. The Morgan fingerprint density at radius 3 is 2.53 bits per heavy atom. The highest BCUT2D eigenvalue weighted by molar-refractivity contribution is 8.15. The van der Waals surface area contributed by atoms with E-state index in [0.29, 0.717) is 18.1 Å². The molecule has 2 unspecified atom stereocenters. The molecular weight excluding hydrogens is 454 g/mol. The first-order valence-electron chi connectivity index (χ1n) is 10.3. The molecular formula is C21H29N3O6S2. The molecule has 3 rings (SSSR count). The molecule has 0 aliphatic carbocycles. The number of methoxy groups -OCH3 is 1. The molecule has 2 saturated heterocycles. The zero-order valence-electron chi connectivity index (χ0n) is 18.7. The number of benzene rings is 1. The SMILES string of the molecule is COc1ccc(CCN2C(=NC(=O)CNC(=O)OC(C)(C)C)SC3CS(=O)(=O)CC32)cc1. The van der Waals surface area contributed by atoms with Crippen LogP contribution in [0.15, 0.2) is 29.3 Å². The van der Waals surface area contributed by atoms with E-state index in [1.807, 2.05) is 29.2 Å². The van der Waals surface area contributed by atoms with E-state index in [-0.39, 0.29) is 29.3 Å². The summed E-state index contributed by atoms with van der Waals surface area (Å²) in [6.07, 6.45) is -0.0264. The van der Waals surface area contributed by atoms with E-state index >= 15 is 0 Å². The quantitative estimate of drug-likeness (QED) is 0.652. The molecule has 0 saturated carbocycles. The fraction of sp³-hybridized carbons (Fsp3) is 0.571. The molecule has 176 valence electrons. The molecule has 9 nitrogen and oxygen atoms in total. The fourth-order valence-corrected chi connectivity index (χ4v) is 7.54. The molecule has 2 fully saturated rings. The molecule has 1 aromatic rings. The largest absolute Gasteiger partial charge is 0.497 e. The summed E-state index contributed by atoms with van der Waals surface area (Å²) in [4.78, 5) is 30.2. The Kier molecular flexibility index (Phi) is 7.39. The maximum absolute atomic E-state index is 12.4. The van der Waals surface area contributed by atoms with Crippen LogP contribution in [0.4, 0.5) is 4.79 Å². The van der Waals surface area contributed by atoms with Crippen LogP contribution in [0, 0.1) is 0 Å². The summed E-state index contributed by atoms with van der Waals surface area (Å²) in [5.74, 6) is 0.370. The molecule has 0 aromatic heterocycles. The van der Waals surface area contributed by atoms with Crippen molar-refractivity contribution in [2.75, 3.05) is 31.7 Å². The number of ether oxygens (including phenoxy) is 2. The van der Waals surface area contributed by atoms with E-state index in [9.17, 15) is 18.0 Å². The summed E-state index contributed by atoms with van der Waals surface area (Å²) in [6, 6.07) is 7.44. The van der Waals surface area contributed by atoms with Gasteiger partial charge in [0, 0.05) is 11.8 Å². The minimum absolute atomic E-state index is 0.0522. The number of thioether (sulfide) groups is 1. The first kappa shape index (κ1) is 24.4. The lowest BCUT2D eigenvalue weighted by Crippen LogP contribution is -2.39. The van der Waals surface area contributed by atoms with E-state index in [4.69, 9.17) is 9.47 Å². The van der Waals surface area contributed by atoms with E-state index in [2.05, 4.69) is 10.3 Å². The Hall–Kier alpha value is -2.27. The normalized spacial score (nSPS) is 23.1. The number of carbonyl (C=O) groups is 2. The molecule has 2 amide bonds. The van der Waals surface area contributed by atoms with Crippen molar-refractivity contribution in [1.82, 2.24) is 10.2 Å². The van der Waals surface area contributed by atoms with Crippen LogP contribution < -0.4 is 10.1 Å². The molecule has 2 atom stereocenters. The third-order valence-corrected chi connectivity index (χ3v) is 8.23. The molecule has 1 N–H and O–H groups in total. The summed E-state index contributed by atoms with van der Waals surface area (Å²) in [5.41, 5.74) is 0.402. The second kappa shape index (κ2) is 9.70. The standard InChI is InChI=1S/C21H29N3O6S2/c1-21(2,3)30-20(26)22-11-18(25)23-19-24(16-12-32(27,28)13-17(16)31-19)10-9-14-5-7-15(29-4)8-6-14/h5-8,16-17H,9-13H2,1-4H3,(H,22,26). The third kappa shape index (κ3) is 6.61. The van der Waals surface area contributed by atoms with Gasteiger partial charge in [0.15, 0.2) is 15.0 Å². The van der Waals surface area contributed by atoms with Gasteiger partial charge in [-0.25, -0.2) is 13.2 Å². The molecule has 32 heavy (non-hydrogen) atoms. The summed E-state index contributed by atoms with van der Waals surface area (Å²) < 4.78 is 34.6. The highest BCUT2D eigenvalue weighted by Crippen LogP contribution is 2.38. The maximum atomic E-state index is 12.4. The summed E-state index contributed by atoms with van der Waals surface area (Å²) in [7, 11) is -1.51. The number of fused-ring (bicyclic) bond motifs is 1. The Bertz CT molecular complexity index is 986. The van der Waals surface area contributed by atoms with Crippen molar-refractivity contribution >= 4 is 38.8 Å². The molecule has 0 spiro atoms. The number of aliphatic imine (C=N–C) groups is 1. The van der Waals surface area contributed by atoms with Gasteiger partial charge in [-0.15, -0.1) is 0 Å². The lowest BCUT2D eigenvalue weighted by atomic mass is 10.1. The van der Waals surface area contributed by atoms with Crippen LogP contribution in [0.1, 0.15) is 26.3 Å². The van der Waals surface area contributed by atoms with Crippen molar-refractivity contribution in [2.24, 2.45) is 4.99 Å². The van der Waals surface area contributed by atoms with Gasteiger partial charge >= 0.3 is 6.09 Å². The Morgan fingerprint density at radius 1 is 1.22 bits per heavy atom. The van der Waals surface area contributed by atoms with Crippen molar-refractivity contribution in [1.29, 1.82) is 0 Å². The maximum Gasteiger partial charge on any atom is 0.408 e. The van der Waals surface area contributed by atoms with Crippen LogP contribution in [-0.4, -0.2) is 79.1 Å². The second-order valence-electron chi connectivity index (χ2n) is 8.74. The van der Waals surface area contributed by atoms with Gasteiger partial charge in [0.05, 0.1) is 24.7 Å². The average molecular weight is 484 g/mol. The summed E-state index contributed by atoms with van der Waals surface area (Å²) in [5, 5.41) is 2.75. The topological polar surface area (TPSA) is 114 Å². The minimum Gasteiger partial charge on any atom is -0.497 e. The van der Waals surface area contributed by atoms with Crippen LogP contribution in [-0.2, 0) is 25.8 Å². The van der Waals surface area contributed by atoms with Crippen LogP contribution in [0.3, 0.4) is 0 Å². The smallest absolute Gasteiger partial charge is 0.408 e. The number of sulfone groups is 1. The van der Waals surface area contributed by atoms with Crippen LogP contribution >= 0.6 is 11.8 Å². The molecule has 1 aromatic carbocycles. The van der Waals surface area contributed by atoms with Gasteiger partial charge in [-0.2, -0.15) is 4.99 Å². The van der Waals surface area contributed by atoms with Gasteiger partial charge in [0.2, 0.25) is 0 Å². The number of nitrogens with one attached hydrogen (secondary N) is 1. The first-order chi connectivity index (χ1) is 15.0. The molecule has 2 heterocycles. The summed E-state index contributed by atoms with van der Waals surface area (Å²) in [6.45, 7) is 5.44. The fourth-order valence-electron chi connectivity index (χ4n) is 3.55. The van der Waals surface area contributed by atoms with Crippen molar-refractivity contribution in [2.45, 2.75) is 44.1 Å². The van der Waals surface area contributed by atoms with Crippen LogP contribution in [0.2, 0.25) is 0 Å². The Balaban J connectivity index is 1.67. The van der Waals surface area contributed by atoms with E-state index in [1.165, 1.54) is 11.8 Å². The van der Waals surface area contributed by atoms with E-state index < -0.39 is 27.4 Å². The lowest BCUT2D eigenvalue weighted by Gasteiger charge is -2.24. The highest BCUT2D eigenvalue weighted by atomic mass is 32.2. The van der Waals surface area contributed by atoms with Crippen molar-refractivity contribution < 1.29 is 27.5 Å². The second-order valence-corrected chi connectivity index (χ2v) is 12.1. The van der Waals surface area contributed by atoms with Gasteiger partial charge in [-0.3, -0.25) is 4.79 Å². The van der Waals surface area contributed by atoms with Gasteiger partial charge in [0.1, 0.15) is 17.9 Å². The number of hydrogen-bond donors (Lipinski definition) is 1. The molecule has 2 aliphatic rings. The number of nitrogens with zero attached hydrogens (tertiary/aromatic N) is 2. The van der Waals surface area contributed by atoms with Crippen LogP contribution in [0.5, 0.6) is 5.75 Å². The average Bonchev–Trinajstić information content (AvgIpc) is 3.15. The molecule has 2 aliphatic heterocycles. The van der Waals surface area contributed by atoms with E-state index in [0.717, 1.165) is 11.3 Å². The number of rotatable bonds is 6. The van der Waals surface area contributed by atoms with Crippen molar-refractivity contribution in [3.8, 4) is 5.75 Å². The molecule has 0 radical (unpaired) electrons. The van der Waals surface area contributed by atoms with E-state index in [1.54, 1.807) is 27.9 Å². The van der Waals surface area contributed by atoms with Gasteiger partial charge in [-0.05, 0) is 44.9 Å². The number of carbonyl (C=O) groups excluding carboxylic acids is 2. The third-order valence-electron chi connectivity index (χ3n) is 4.98. The van der Waals surface area contributed by atoms with Gasteiger partial charge in [0.25, 0.3) is 5.91 Å². The zero-order valence-corrected chi connectivity index (χ0v) is 20.3. The number of alkyl carbamates (subject to hydrolysis) is 1. The van der Waals surface area contributed by atoms with Crippen molar-refractivity contribution in [3.05, 3.63) is 29.8 Å². The monoisotopic (exact) mass is 483 g/mol. The zero-order chi connectivity index (χ0) is 23.5. The van der Waals surface area contributed by atoms with Gasteiger partial charge in [-0.1, -0.05) is 23.9 Å². The van der Waals surface area contributed by atoms with Crippen LogP contribution in [0.25, 0.3) is 0 Å². The predicted molar refractivity (Wildman–Crippen MR) is 124 cm³/mol. The number of amides is 2. The highest BCUT2D eigenvalue weighted by Gasteiger charge is 2.48. The number of hydrogen-bond acceptors (Lipinski definition) is 7. The first-order valence-corrected chi connectivity index (χ1v) is 13.0. The number of amidine groups is 1. The predicted octanol–water partition coefficient (Wildman–Crippen LogP) is 1.86. The minimum atomic E-state index is -3.11.